The molecule has 18 heavy (non-hydrogen) atoms. The van der Waals surface area contributed by atoms with Crippen molar-refractivity contribution in [2.45, 2.75) is 38.6 Å². The van der Waals surface area contributed by atoms with Crippen molar-refractivity contribution in [3.63, 3.8) is 0 Å². The maximum absolute atomic E-state index is 9.29. The lowest BCUT2D eigenvalue weighted by Gasteiger charge is -2.09. The van der Waals surface area contributed by atoms with E-state index in [2.05, 4.69) is 16.3 Å². The lowest BCUT2D eigenvalue weighted by Crippen LogP contribution is -2.05. The fourth-order valence-electron chi connectivity index (χ4n) is 1.71. The lowest BCUT2D eigenvalue weighted by atomic mass is 10.1. The number of thioether (sulfide) groups is 1. The second-order valence-electron chi connectivity index (χ2n) is 3.67. The summed E-state index contributed by atoms with van der Waals surface area (Å²) in [4.78, 5) is 0. The number of ether oxygens (including phenoxy) is 1. The minimum Gasteiger partial charge on any atom is -0.381 e. The van der Waals surface area contributed by atoms with Crippen LogP contribution in [0.25, 0.3) is 0 Å². The van der Waals surface area contributed by atoms with Crippen molar-refractivity contribution < 1.29 is 4.74 Å². The zero-order chi connectivity index (χ0) is 13.4. The molecule has 1 rings (SSSR count). The van der Waals surface area contributed by atoms with Gasteiger partial charge in [-0.05, 0) is 25.3 Å². The van der Waals surface area contributed by atoms with Crippen LogP contribution in [0, 0.1) is 11.3 Å². The number of aromatic nitrogens is 2. The molecule has 0 N–H and O–H groups in total. The summed E-state index contributed by atoms with van der Waals surface area (Å²) < 4.78 is 5.28. The van der Waals surface area contributed by atoms with Gasteiger partial charge in [-0.25, -0.2) is 0 Å². The second-order valence-corrected chi connectivity index (χ2v) is 4.75. The van der Waals surface area contributed by atoms with Gasteiger partial charge in [-0.15, -0.1) is 16.9 Å². The number of rotatable bonds is 7. The third-order valence-corrected chi connectivity index (χ3v) is 3.53. The van der Waals surface area contributed by atoms with Crippen molar-refractivity contribution in [2.75, 3.05) is 19.0 Å². The number of aryl methyl sites for hydroxylation is 1. The van der Waals surface area contributed by atoms with Gasteiger partial charge in [0.1, 0.15) is 11.1 Å². The lowest BCUT2D eigenvalue weighted by molar-refractivity contribution is 0.164. The van der Waals surface area contributed by atoms with Gasteiger partial charge in [0, 0.05) is 12.4 Å². The Morgan fingerprint density at radius 2 is 2.00 bits per heavy atom. The van der Waals surface area contributed by atoms with Crippen LogP contribution in [0.1, 0.15) is 37.6 Å². The van der Waals surface area contributed by atoms with Crippen molar-refractivity contribution in [1.82, 2.24) is 10.2 Å². The first-order valence-corrected chi connectivity index (χ1v) is 7.25. The molecule has 1 heterocycles. The van der Waals surface area contributed by atoms with Crippen LogP contribution in [0.4, 0.5) is 0 Å². The summed E-state index contributed by atoms with van der Waals surface area (Å²) in [5.41, 5.74) is 2.66. The normalized spacial score (nSPS) is 10.3. The molecule has 1 aromatic rings. The van der Waals surface area contributed by atoms with E-state index in [9.17, 15) is 5.26 Å². The smallest absolute Gasteiger partial charge is 0.137 e. The zero-order valence-corrected chi connectivity index (χ0v) is 12.0. The largest absolute Gasteiger partial charge is 0.381 e. The summed E-state index contributed by atoms with van der Waals surface area (Å²) in [7, 11) is 0. The standard InChI is InChI=1S/C13H19N3OS/c1-4-10-11(9-14)13(16-15-12(10)5-2)18-8-7-17-6-3/h4-8H2,1-3H3. The van der Waals surface area contributed by atoms with Crippen molar-refractivity contribution in [1.29, 1.82) is 5.26 Å². The Morgan fingerprint density at radius 3 is 2.56 bits per heavy atom. The summed E-state index contributed by atoms with van der Waals surface area (Å²) in [6.07, 6.45) is 1.63. The Kier molecular flexibility index (Phi) is 6.69. The molecule has 0 saturated carbocycles. The molecule has 0 aliphatic rings. The monoisotopic (exact) mass is 265 g/mol. The maximum atomic E-state index is 9.29. The second kappa shape index (κ2) is 8.06. The van der Waals surface area contributed by atoms with E-state index in [4.69, 9.17) is 4.74 Å². The zero-order valence-electron chi connectivity index (χ0n) is 11.2. The van der Waals surface area contributed by atoms with E-state index in [0.717, 1.165) is 34.9 Å². The predicted octanol–water partition coefficient (Wildman–Crippen LogP) is 2.60. The van der Waals surface area contributed by atoms with Gasteiger partial charge in [0.2, 0.25) is 0 Å². The van der Waals surface area contributed by atoms with Crippen LogP contribution in [-0.2, 0) is 17.6 Å². The quantitative estimate of drug-likeness (QED) is 0.560. The molecule has 1 aromatic heterocycles. The van der Waals surface area contributed by atoms with Crippen LogP contribution in [0.3, 0.4) is 0 Å². The molecule has 5 heteroatoms. The Balaban J connectivity index is 2.89. The van der Waals surface area contributed by atoms with Crippen molar-refractivity contribution in [3.05, 3.63) is 16.8 Å². The highest BCUT2D eigenvalue weighted by atomic mass is 32.2. The number of nitriles is 1. The Morgan fingerprint density at radius 1 is 1.22 bits per heavy atom. The third-order valence-electron chi connectivity index (χ3n) is 2.60. The van der Waals surface area contributed by atoms with Gasteiger partial charge in [0.15, 0.2) is 0 Å². The summed E-state index contributed by atoms with van der Waals surface area (Å²) in [6, 6.07) is 2.27. The van der Waals surface area contributed by atoms with Gasteiger partial charge < -0.3 is 4.74 Å². The maximum Gasteiger partial charge on any atom is 0.137 e. The van der Waals surface area contributed by atoms with E-state index in [1.165, 1.54) is 11.8 Å². The van der Waals surface area contributed by atoms with Gasteiger partial charge >= 0.3 is 0 Å². The fourth-order valence-corrected chi connectivity index (χ4v) is 2.52. The van der Waals surface area contributed by atoms with Crippen molar-refractivity contribution in [3.8, 4) is 6.07 Å². The van der Waals surface area contributed by atoms with Crippen LogP contribution in [0.5, 0.6) is 0 Å². The van der Waals surface area contributed by atoms with Gasteiger partial charge in [0.25, 0.3) is 0 Å². The topological polar surface area (TPSA) is 58.8 Å². The molecule has 0 amide bonds. The van der Waals surface area contributed by atoms with E-state index >= 15 is 0 Å². The Labute approximate surface area is 113 Å². The van der Waals surface area contributed by atoms with E-state index < -0.39 is 0 Å². The predicted molar refractivity (Wildman–Crippen MR) is 72.7 cm³/mol. The van der Waals surface area contributed by atoms with E-state index in [1.54, 1.807) is 0 Å². The van der Waals surface area contributed by atoms with Gasteiger partial charge in [-0.3, -0.25) is 0 Å². The molecule has 0 aliphatic heterocycles. The van der Waals surface area contributed by atoms with Gasteiger partial charge in [-0.2, -0.15) is 10.4 Å². The summed E-state index contributed by atoms with van der Waals surface area (Å²) >= 11 is 1.54. The van der Waals surface area contributed by atoms with Crippen LogP contribution in [0.15, 0.2) is 5.03 Å². The first kappa shape index (κ1) is 14.9. The molecule has 0 spiro atoms. The Bertz CT molecular complexity index is 429. The number of nitrogens with zero attached hydrogens (tertiary/aromatic N) is 3. The average molecular weight is 265 g/mol. The molecule has 0 bridgehead atoms. The molecular weight excluding hydrogens is 246 g/mol. The fraction of sp³-hybridized carbons (Fsp3) is 0.615. The molecule has 0 aromatic carbocycles. The van der Waals surface area contributed by atoms with Gasteiger partial charge in [0.05, 0.1) is 17.9 Å². The Hall–Kier alpha value is -1.12. The molecule has 0 unspecified atom stereocenters. The van der Waals surface area contributed by atoms with Crippen LogP contribution in [-0.4, -0.2) is 29.2 Å². The highest BCUT2D eigenvalue weighted by molar-refractivity contribution is 7.99. The first-order chi connectivity index (χ1) is 8.78. The van der Waals surface area contributed by atoms with Crippen LogP contribution >= 0.6 is 11.8 Å². The number of hydrogen-bond donors (Lipinski definition) is 0. The van der Waals surface area contributed by atoms with E-state index in [1.807, 2.05) is 20.8 Å². The minimum atomic E-state index is 0.671. The molecule has 0 radical (unpaired) electrons. The first-order valence-electron chi connectivity index (χ1n) is 6.27. The van der Waals surface area contributed by atoms with E-state index in [-0.39, 0.29) is 0 Å². The van der Waals surface area contributed by atoms with Crippen LogP contribution < -0.4 is 0 Å². The molecule has 98 valence electrons. The van der Waals surface area contributed by atoms with E-state index in [0.29, 0.717) is 18.8 Å². The van der Waals surface area contributed by atoms with Gasteiger partial charge in [-0.1, -0.05) is 13.8 Å². The molecule has 0 fully saturated rings. The summed E-state index contributed by atoms with van der Waals surface area (Å²) in [5, 5.41) is 18.4. The van der Waals surface area contributed by atoms with Crippen molar-refractivity contribution in [2.24, 2.45) is 0 Å². The van der Waals surface area contributed by atoms with Crippen LogP contribution in [0.2, 0.25) is 0 Å². The molecular formula is C13H19N3OS. The molecule has 0 saturated heterocycles. The molecule has 0 atom stereocenters. The number of hydrogen-bond acceptors (Lipinski definition) is 5. The SMILES string of the molecule is CCOCCSc1nnc(CC)c(CC)c1C#N. The summed E-state index contributed by atoms with van der Waals surface area (Å²) in [5.74, 6) is 0.797. The highest BCUT2D eigenvalue weighted by Crippen LogP contribution is 2.24. The minimum absolute atomic E-state index is 0.671. The van der Waals surface area contributed by atoms with Crippen molar-refractivity contribution >= 4 is 11.8 Å². The molecule has 0 aliphatic carbocycles. The average Bonchev–Trinajstić information content (AvgIpc) is 2.42. The summed E-state index contributed by atoms with van der Waals surface area (Å²) in [6.45, 7) is 7.44. The third kappa shape index (κ3) is 3.69. The highest BCUT2D eigenvalue weighted by Gasteiger charge is 2.14. The molecule has 4 nitrogen and oxygen atoms in total.